The molecular weight excluding hydrogens is 182 g/mol. The highest BCUT2D eigenvalue weighted by atomic mass is 32.1. The maximum atomic E-state index is 4.26. The summed E-state index contributed by atoms with van der Waals surface area (Å²) in [6.07, 6.45) is 3.01. The molecule has 1 rings (SSSR count). The summed E-state index contributed by atoms with van der Waals surface area (Å²) in [5, 5.41) is 9.74. The number of thiazole rings is 1. The van der Waals surface area contributed by atoms with Crippen LogP contribution < -0.4 is 10.6 Å². The van der Waals surface area contributed by atoms with E-state index in [-0.39, 0.29) is 0 Å². The van der Waals surface area contributed by atoms with Gasteiger partial charge in [0.1, 0.15) is 5.01 Å². The summed E-state index contributed by atoms with van der Waals surface area (Å²) in [6, 6.07) is 0.386. The lowest BCUT2D eigenvalue weighted by Gasteiger charge is -2.10. The summed E-state index contributed by atoms with van der Waals surface area (Å²) >= 11 is 1.71. The fourth-order valence-corrected chi connectivity index (χ4v) is 1.79. The summed E-state index contributed by atoms with van der Waals surface area (Å²) in [5.41, 5.74) is 0. The Bertz CT molecular complexity index is 211. The zero-order chi connectivity index (χ0) is 9.52. The summed E-state index contributed by atoms with van der Waals surface area (Å²) in [4.78, 5) is 4.26. The molecule has 3 nitrogen and oxygen atoms in total. The summed E-state index contributed by atoms with van der Waals surface area (Å²) < 4.78 is 0. The average molecular weight is 199 g/mol. The van der Waals surface area contributed by atoms with Gasteiger partial charge in [0.2, 0.25) is 0 Å². The van der Waals surface area contributed by atoms with Gasteiger partial charge < -0.3 is 10.6 Å². The minimum absolute atomic E-state index is 0.386. The Hall–Kier alpha value is -0.450. The minimum Gasteiger partial charge on any atom is -0.320 e. The number of hydrogen-bond acceptors (Lipinski definition) is 4. The number of nitrogens with one attached hydrogen (secondary N) is 2. The van der Waals surface area contributed by atoms with Gasteiger partial charge in [0.15, 0.2) is 0 Å². The van der Waals surface area contributed by atoms with Gasteiger partial charge in [-0.05, 0) is 33.5 Å². The van der Waals surface area contributed by atoms with Gasteiger partial charge in [0, 0.05) is 11.6 Å². The zero-order valence-electron chi connectivity index (χ0n) is 8.21. The molecule has 0 bridgehead atoms. The Balaban J connectivity index is 2.15. The van der Waals surface area contributed by atoms with E-state index in [1.807, 2.05) is 18.6 Å². The first-order valence-electron chi connectivity index (χ1n) is 4.62. The van der Waals surface area contributed by atoms with Crippen LogP contribution in [0, 0.1) is 0 Å². The Morgan fingerprint density at radius 2 is 2.38 bits per heavy atom. The van der Waals surface area contributed by atoms with Gasteiger partial charge in [0.25, 0.3) is 0 Å². The molecule has 0 saturated carbocycles. The summed E-state index contributed by atoms with van der Waals surface area (Å²) in [5.74, 6) is 0. The number of nitrogens with zero attached hydrogens (tertiary/aromatic N) is 1. The van der Waals surface area contributed by atoms with Crippen molar-refractivity contribution in [1.29, 1.82) is 0 Å². The largest absolute Gasteiger partial charge is 0.320 e. The van der Waals surface area contributed by atoms with Crippen LogP contribution in [-0.4, -0.2) is 25.1 Å². The summed E-state index contributed by atoms with van der Waals surface area (Å²) in [7, 11) is 1.98. The molecule has 0 aromatic carbocycles. The van der Waals surface area contributed by atoms with Crippen LogP contribution in [0.1, 0.15) is 24.4 Å². The first-order valence-corrected chi connectivity index (χ1v) is 5.50. The van der Waals surface area contributed by atoms with Crippen LogP contribution in [0.15, 0.2) is 11.6 Å². The van der Waals surface area contributed by atoms with Gasteiger partial charge in [-0.1, -0.05) is 0 Å². The van der Waals surface area contributed by atoms with Crippen molar-refractivity contribution in [1.82, 2.24) is 15.6 Å². The molecule has 74 valence electrons. The topological polar surface area (TPSA) is 37.0 Å². The van der Waals surface area contributed by atoms with E-state index in [0.29, 0.717) is 6.04 Å². The lowest BCUT2D eigenvalue weighted by Crippen LogP contribution is -2.22. The van der Waals surface area contributed by atoms with Crippen LogP contribution in [0.4, 0.5) is 0 Å². The van der Waals surface area contributed by atoms with Gasteiger partial charge in [0.05, 0.1) is 6.04 Å². The molecule has 4 heteroatoms. The maximum absolute atomic E-state index is 4.26. The second-order valence-electron chi connectivity index (χ2n) is 3.00. The van der Waals surface area contributed by atoms with Crippen molar-refractivity contribution >= 4 is 11.3 Å². The van der Waals surface area contributed by atoms with Gasteiger partial charge in [-0.2, -0.15) is 0 Å². The minimum atomic E-state index is 0.386. The van der Waals surface area contributed by atoms with Gasteiger partial charge in [-0.3, -0.25) is 0 Å². The molecule has 0 fully saturated rings. The van der Waals surface area contributed by atoms with Crippen LogP contribution in [-0.2, 0) is 0 Å². The van der Waals surface area contributed by atoms with Gasteiger partial charge in [-0.25, -0.2) is 4.98 Å². The molecule has 0 amide bonds. The molecule has 0 aliphatic rings. The first-order chi connectivity index (χ1) is 6.34. The third-order valence-electron chi connectivity index (χ3n) is 1.88. The molecule has 1 aromatic rings. The first kappa shape index (κ1) is 10.6. The van der Waals surface area contributed by atoms with Crippen LogP contribution >= 0.6 is 11.3 Å². The van der Waals surface area contributed by atoms with Crippen molar-refractivity contribution in [3.8, 4) is 0 Å². The number of rotatable bonds is 6. The second-order valence-corrected chi connectivity index (χ2v) is 3.93. The fourth-order valence-electron chi connectivity index (χ4n) is 1.12. The standard InChI is InChI=1S/C9H17N3S/c1-8(9-12-6-7-13-9)11-5-3-4-10-2/h6-8,10-11H,3-5H2,1-2H3. The van der Waals surface area contributed by atoms with Crippen molar-refractivity contribution in [2.45, 2.75) is 19.4 Å². The molecule has 13 heavy (non-hydrogen) atoms. The van der Waals surface area contributed by atoms with E-state index in [2.05, 4.69) is 22.5 Å². The zero-order valence-corrected chi connectivity index (χ0v) is 9.03. The number of hydrogen-bond donors (Lipinski definition) is 2. The van der Waals surface area contributed by atoms with E-state index >= 15 is 0 Å². The molecule has 0 radical (unpaired) electrons. The van der Waals surface area contributed by atoms with Crippen molar-refractivity contribution in [2.24, 2.45) is 0 Å². The molecule has 1 aromatic heterocycles. The van der Waals surface area contributed by atoms with E-state index in [0.717, 1.165) is 19.5 Å². The van der Waals surface area contributed by atoms with Crippen LogP contribution in [0.3, 0.4) is 0 Å². The van der Waals surface area contributed by atoms with Gasteiger partial charge in [-0.15, -0.1) is 11.3 Å². The molecule has 1 heterocycles. The highest BCUT2D eigenvalue weighted by Crippen LogP contribution is 2.13. The number of aromatic nitrogens is 1. The molecular formula is C9H17N3S. The monoisotopic (exact) mass is 199 g/mol. The Labute approximate surface area is 83.6 Å². The van der Waals surface area contributed by atoms with Crippen molar-refractivity contribution < 1.29 is 0 Å². The molecule has 0 aliphatic carbocycles. The smallest absolute Gasteiger partial charge is 0.109 e. The Kier molecular flexibility index (Phi) is 4.97. The summed E-state index contributed by atoms with van der Waals surface area (Å²) in [6.45, 7) is 4.26. The van der Waals surface area contributed by atoms with E-state index in [4.69, 9.17) is 0 Å². The van der Waals surface area contributed by atoms with Crippen molar-refractivity contribution in [2.75, 3.05) is 20.1 Å². The van der Waals surface area contributed by atoms with E-state index in [9.17, 15) is 0 Å². The van der Waals surface area contributed by atoms with Crippen LogP contribution in [0.25, 0.3) is 0 Å². The molecule has 0 saturated heterocycles. The van der Waals surface area contributed by atoms with Crippen LogP contribution in [0.2, 0.25) is 0 Å². The van der Waals surface area contributed by atoms with E-state index < -0.39 is 0 Å². The second kappa shape index (κ2) is 6.07. The molecule has 1 atom stereocenters. The van der Waals surface area contributed by atoms with Crippen LogP contribution in [0.5, 0.6) is 0 Å². The highest BCUT2D eigenvalue weighted by molar-refractivity contribution is 7.09. The predicted molar refractivity (Wildman–Crippen MR) is 57.1 cm³/mol. The maximum Gasteiger partial charge on any atom is 0.109 e. The lowest BCUT2D eigenvalue weighted by atomic mass is 10.3. The quantitative estimate of drug-likeness (QED) is 0.680. The SMILES string of the molecule is CNCCCNC(C)c1nccs1. The third kappa shape index (κ3) is 3.85. The fraction of sp³-hybridized carbons (Fsp3) is 0.667. The third-order valence-corrected chi connectivity index (χ3v) is 2.83. The van der Waals surface area contributed by atoms with Crippen molar-refractivity contribution in [3.63, 3.8) is 0 Å². The molecule has 2 N–H and O–H groups in total. The molecule has 1 unspecified atom stereocenters. The Morgan fingerprint density at radius 1 is 1.54 bits per heavy atom. The van der Waals surface area contributed by atoms with Crippen molar-refractivity contribution in [3.05, 3.63) is 16.6 Å². The Morgan fingerprint density at radius 3 is 3.00 bits per heavy atom. The van der Waals surface area contributed by atoms with E-state index in [1.54, 1.807) is 11.3 Å². The van der Waals surface area contributed by atoms with Gasteiger partial charge >= 0.3 is 0 Å². The highest BCUT2D eigenvalue weighted by Gasteiger charge is 2.05. The normalized spacial score (nSPS) is 13.1. The molecule has 0 spiro atoms. The molecule has 0 aliphatic heterocycles. The lowest BCUT2D eigenvalue weighted by molar-refractivity contribution is 0.547. The van der Waals surface area contributed by atoms with E-state index in [1.165, 1.54) is 5.01 Å². The average Bonchev–Trinajstić information content (AvgIpc) is 2.65. The predicted octanol–water partition coefficient (Wildman–Crippen LogP) is 1.40.